The van der Waals surface area contributed by atoms with Crippen LogP contribution >= 0.6 is 0 Å². The van der Waals surface area contributed by atoms with Crippen molar-refractivity contribution in [1.29, 1.82) is 0 Å². The van der Waals surface area contributed by atoms with Crippen molar-refractivity contribution in [3.05, 3.63) is 29.8 Å². The molecule has 27 heavy (non-hydrogen) atoms. The Labute approximate surface area is 161 Å². The van der Waals surface area contributed by atoms with Gasteiger partial charge in [-0.15, -0.1) is 0 Å². The van der Waals surface area contributed by atoms with Gasteiger partial charge >= 0.3 is 5.97 Å². The topological polar surface area (TPSA) is 75.9 Å². The number of hydrogen-bond donors (Lipinski definition) is 1. The molecule has 2 fully saturated rings. The molecule has 1 aromatic carbocycles. The molecule has 1 unspecified atom stereocenters. The number of para-hydroxylation sites is 1. The van der Waals surface area contributed by atoms with Crippen LogP contribution in [0.25, 0.3) is 0 Å². The first-order valence-electron chi connectivity index (χ1n) is 9.80. The normalized spacial score (nSPS) is 26.9. The summed E-state index contributed by atoms with van der Waals surface area (Å²) in [7, 11) is 0. The standard InChI is InChI=1S/C21H31N3O3/c1-5-15-10-18(27-20(15)26)16(22)11-23-12-19(25)24(13-21(23,3)4)17-9-7-6-8-14(17)2/h6-9,15-16,18H,5,10-13,22H2,1-4H3/t15-,16?,18+/m1/s1. The van der Waals surface area contributed by atoms with Gasteiger partial charge in [0.1, 0.15) is 6.10 Å². The third-order valence-electron chi connectivity index (χ3n) is 5.95. The molecule has 0 radical (unpaired) electrons. The summed E-state index contributed by atoms with van der Waals surface area (Å²) in [5, 5.41) is 0. The number of rotatable bonds is 5. The van der Waals surface area contributed by atoms with E-state index < -0.39 is 0 Å². The number of ether oxygens (including phenoxy) is 1. The van der Waals surface area contributed by atoms with Gasteiger partial charge in [-0.05, 0) is 45.2 Å². The van der Waals surface area contributed by atoms with Crippen LogP contribution in [0, 0.1) is 12.8 Å². The zero-order valence-corrected chi connectivity index (χ0v) is 16.8. The molecule has 2 saturated heterocycles. The smallest absolute Gasteiger partial charge is 0.309 e. The molecule has 6 heteroatoms. The summed E-state index contributed by atoms with van der Waals surface area (Å²) in [6, 6.07) is 7.67. The van der Waals surface area contributed by atoms with Gasteiger partial charge in [0.15, 0.2) is 0 Å². The number of piperazine rings is 1. The number of benzene rings is 1. The van der Waals surface area contributed by atoms with Crippen LogP contribution < -0.4 is 10.6 Å². The molecule has 1 aromatic rings. The van der Waals surface area contributed by atoms with Gasteiger partial charge in [-0.1, -0.05) is 25.1 Å². The minimum atomic E-state index is -0.289. The molecule has 6 nitrogen and oxygen atoms in total. The number of amides is 1. The monoisotopic (exact) mass is 373 g/mol. The van der Waals surface area contributed by atoms with E-state index in [0.29, 0.717) is 26.1 Å². The molecule has 3 atom stereocenters. The summed E-state index contributed by atoms with van der Waals surface area (Å²) in [4.78, 5) is 28.7. The molecule has 0 spiro atoms. The maximum Gasteiger partial charge on any atom is 0.309 e. The lowest BCUT2D eigenvalue weighted by Crippen LogP contribution is -2.64. The predicted octanol–water partition coefficient (Wildman–Crippen LogP) is 2.09. The van der Waals surface area contributed by atoms with Crippen LogP contribution in [0.5, 0.6) is 0 Å². The zero-order valence-electron chi connectivity index (χ0n) is 16.8. The minimum absolute atomic E-state index is 0.0476. The summed E-state index contributed by atoms with van der Waals surface area (Å²) in [6.45, 7) is 9.73. The van der Waals surface area contributed by atoms with Crippen molar-refractivity contribution in [2.75, 3.05) is 24.5 Å². The highest BCUT2D eigenvalue weighted by molar-refractivity contribution is 5.96. The van der Waals surface area contributed by atoms with E-state index in [0.717, 1.165) is 17.7 Å². The number of esters is 1. The maximum atomic E-state index is 12.9. The van der Waals surface area contributed by atoms with Gasteiger partial charge in [0, 0.05) is 24.3 Å². The molecule has 2 aliphatic rings. The van der Waals surface area contributed by atoms with Gasteiger partial charge in [-0.25, -0.2) is 0 Å². The Hall–Kier alpha value is -1.92. The van der Waals surface area contributed by atoms with Gasteiger partial charge in [0.25, 0.3) is 0 Å². The van der Waals surface area contributed by atoms with Crippen molar-refractivity contribution in [2.45, 2.75) is 58.2 Å². The molecule has 0 aliphatic carbocycles. The SMILES string of the molecule is CC[C@@H]1C[C@@H](C(N)CN2CC(=O)N(c3ccccc3C)CC2(C)C)OC1=O. The number of anilines is 1. The Morgan fingerprint density at radius 2 is 2.00 bits per heavy atom. The summed E-state index contributed by atoms with van der Waals surface area (Å²) in [6.07, 6.45) is 1.19. The molecule has 2 aliphatic heterocycles. The number of nitrogens with two attached hydrogens (primary N) is 1. The summed E-state index contributed by atoms with van der Waals surface area (Å²) in [5.74, 6) is -0.114. The van der Waals surface area contributed by atoms with E-state index in [-0.39, 0.29) is 35.5 Å². The second-order valence-corrected chi connectivity index (χ2v) is 8.44. The first-order valence-corrected chi connectivity index (χ1v) is 9.80. The van der Waals surface area contributed by atoms with Gasteiger partial charge in [0.05, 0.1) is 18.5 Å². The molecule has 1 amide bonds. The van der Waals surface area contributed by atoms with Gasteiger partial charge in [0.2, 0.25) is 5.91 Å². The fourth-order valence-electron chi connectivity index (χ4n) is 4.07. The third kappa shape index (κ3) is 4.01. The second-order valence-electron chi connectivity index (χ2n) is 8.44. The van der Waals surface area contributed by atoms with Gasteiger partial charge in [-0.3, -0.25) is 14.5 Å². The van der Waals surface area contributed by atoms with Crippen molar-refractivity contribution in [1.82, 2.24) is 4.90 Å². The highest BCUT2D eigenvalue weighted by atomic mass is 16.6. The number of carbonyl (C=O) groups excluding carboxylic acids is 2. The minimum Gasteiger partial charge on any atom is -0.460 e. The molecule has 0 bridgehead atoms. The van der Waals surface area contributed by atoms with Crippen LogP contribution in [0.15, 0.2) is 24.3 Å². The first-order chi connectivity index (χ1) is 12.7. The van der Waals surface area contributed by atoms with E-state index in [2.05, 4.69) is 18.7 Å². The van der Waals surface area contributed by atoms with Crippen molar-refractivity contribution < 1.29 is 14.3 Å². The van der Waals surface area contributed by atoms with E-state index in [1.54, 1.807) is 0 Å². The average Bonchev–Trinajstić information content (AvgIpc) is 2.99. The molecule has 0 aromatic heterocycles. The Morgan fingerprint density at radius 3 is 2.63 bits per heavy atom. The van der Waals surface area contributed by atoms with Crippen LogP contribution in [0.1, 0.15) is 39.2 Å². The van der Waals surface area contributed by atoms with Crippen LogP contribution in [0.2, 0.25) is 0 Å². The zero-order chi connectivity index (χ0) is 19.8. The quantitative estimate of drug-likeness (QED) is 0.800. The van der Waals surface area contributed by atoms with Crippen LogP contribution in [0.4, 0.5) is 5.69 Å². The Bertz CT molecular complexity index is 718. The highest BCUT2D eigenvalue weighted by Gasteiger charge is 2.42. The molecule has 0 saturated carbocycles. The predicted molar refractivity (Wildman–Crippen MR) is 105 cm³/mol. The van der Waals surface area contributed by atoms with E-state index in [1.165, 1.54) is 0 Å². The van der Waals surface area contributed by atoms with Gasteiger partial charge < -0.3 is 15.4 Å². The lowest BCUT2D eigenvalue weighted by Gasteiger charge is -2.48. The number of cyclic esters (lactones) is 1. The molecule has 3 rings (SSSR count). The Balaban J connectivity index is 1.69. The number of carbonyl (C=O) groups is 2. The fraction of sp³-hybridized carbons (Fsp3) is 0.619. The Kier molecular flexibility index (Phi) is 5.58. The lowest BCUT2D eigenvalue weighted by molar-refractivity contribution is -0.145. The lowest BCUT2D eigenvalue weighted by atomic mass is 9.94. The number of nitrogens with zero attached hydrogens (tertiary/aromatic N) is 2. The fourth-order valence-corrected chi connectivity index (χ4v) is 4.07. The third-order valence-corrected chi connectivity index (χ3v) is 5.95. The average molecular weight is 373 g/mol. The summed E-state index contributed by atoms with van der Waals surface area (Å²) >= 11 is 0. The van der Waals surface area contributed by atoms with Gasteiger partial charge in [-0.2, -0.15) is 0 Å². The van der Waals surface area contributed by atoms with E-state index >= 15 is 0 Å². The van der Waals surface area contributed by atoms with E-state index in [1.807, 2.05) is 43.0 Å². The highest BCUT2D eigenvalue weighted by Crippen LogP contribution is 2.30. The maximum absolute atomic E-state index is 12.9. The van der Waals surface area contributed by atoms with Crippen molar-refractivity contribution in [3.8, 4) is 0 Å². The first kappa shape index (κ1) is 19.8. The number of hydrogen-bond acceptors (Lipinski definition) is 5. The van der Waals surface area contributed by atoms with Crippen molar-refractivity contribution in [3.63, 3.8) is 0 Å². The molecule has 148 valence electrons. The van der Waals surface area contributed by atoms with Crippen LogP contribution in [0.3, 0.4) is 0 Å². The summed E-state index contributed by atoms with van der Waals surface area (Å²) < 4.78 is 5.48. The van der Waals surface area contributed by atoms with E-state index in [4.69, 9.17) is 10.5 Å². The molecule has 2 heterocycles. The van der Waals surface area contributed by atoms with Crippen molar-refractivity contribution in [2.24, 2.45) is 11.7 Å². The Morgan fingerprint density at radius 1 is 1.30 bits per heavy atom. The summed E-state index contributed by atoms with van der Waals surface area (Å²) in [5.41, 5.74) is 8.22. The second kappa shape index (κ2) is 7.60. The molecule has 2 N–H and O–H groups in total. The van der Waals surface area contributed by atoms with Crippen LogP contribution in [-0.2, 0) is 14.3 Å². The van der Waals surface area contributed by atoms with Crippen molar-refractivity contribution >= 4 is 17.6 Å². The number of aryl methyl sites for hydroxylation is 1. The van der Waals surface area contributed by atoms with Crippen LogP contribution in [-0.4, -0.2) is 54.1 Å². The molecular weight excluding hydrogens is 342 g/mol. The van der Waals surface area contributed by atoms with E-state index in [9.17, 15) is 9.59 Å². The molecular formula is C21H31N3O3. The largest absolute Gasteiger partial charge is 0.460 e.